The van der Waals surface area contributed by atoms with Gasteiger partial charge in [-0.05, 0) is 73.7 Å². The van der Waals surface area contributed by atoms with Gasteiger partial charge in [0.1, 0.15) is 12.4 Å². The Morgan fingerprint density at radius 1 is 0.939 bits per heavy atom. The summed E-state index contributed by atoms with van der Waals surface area (Å²) in [5, 5.41) is 18.3. The molecular weight excluding hydrogens is 667 g/mol. The van der Waals surface area contributed by atoms with Gasteiger partial charge in [-0.3, -0.25) is 4.79 Å². The first kappa shape index (κ1) is 38.7. The minimum atomic E-state index is -4.61. The van der Waals surface area contributed by atoms with Crippen LogP contribution in [0, 0.1) is 5.41 Å². The van der Waals surface area contributed by atoms with Crippen molar-refractivity contribution in [3.63, 3.8) is 0 Å². The van der Waals surface area contributed by atoms with Crippen molar-refractivity contribution >= 4 is 41.2 Å². The molecule has 4 N–H and O–H groups in total. The number of anilines is 3. The third-order valence-electron chi connectivity index (χ3n) is 6.74. The number of benzene rings is 2. The van der Waals surface area contributed by atoms with E-state index >= 15 is 0 Å². The smallest absolute Gasteiger partial charge is 0.422 e. The molecule has 2 aromatic carbocycles. The standard InChI is InChI=1S/C33H41ClF3N7O5/c1-21(15-34)17-48-25-13-7-22(8-14-25)16-38-27-41-28(43-29(42-27)49-20-33(35,36)37)40-24-11-9-23(10-12-24)26(45)39-18-32(5,6)19-44(30(46)47)31(2,3)4/h7-14H,1,15-20H2,2-6H3,(H,39,45)(H,46,47)(H2,38,40,41,42,43). The molecule has 16 heteroatoms. The Kier molecular flexibility index (Phi) is 13.1. The molecule has 0 spiro atoms. The Hall–Kier alpha value is -4.79. The molecule has 0 radical (unpaired) electrons. The molecule has 3 aromatic rings. The van der Waals surface area contributed by atoms with E-state index in [0.29, 0.717) is 17.0 Å². The van der Waals surface area contributed by atoms with E-state index in [1.807, 2.05) is 13.8 Å². The quantitative estimate of drug-likeness (QED) is 0.0917. The van der Waals surface area contributed by atoms with Crippen molar-refractivity contribution in [1.29, 1.82) is 0 Å². The maximum Gasteiger partial charge on any atom is 0.422 e. The van der Waals surface area contributed by atoms with E-state index < -0.39 is 35.8 Å². The average Bonchev–Trinajstić information content (AvgIpc) is 3.03. The average molecular weight is 708 g/mol. The largest absolute Gasteiger partial charge is 0.489 e. The number of carboxylic acid groups (broad SMARTS) is 1. The first-order valence-electron chi connectivity index (χ1n) is 15.1. The molecule has 0 saturated carbocycles. The number of halogens is 4. The molecule has 0 unspecified atom stereocenters. The number of hydrogen-bond donors (Lipinski definition) is 4. The van der Waals surface area contributed by atoms with Crippen molar-refractivity contribution in [1.82, 2.24) is 25.2 Å². The number of carbonyl (C=O) groups excluding carboxylic acids is 1. The third-order valence-corrected chi connectivity index (χ3v) is 7.12. The van der Waals surface area contributed by atoms with Crippen LogP contribution in [0.15, 0.2) is 60.7 Å². The maximum absolute atomic E-state index is 12.9. The number of hydrogen-bond acceptors (Lipinski definition) is 9. The summed E-state index contributed by atoms with van der Waals surface area (Å²) in [6.07, 6.45) is -5.65. The number of nitrogens with zero attached hydrogens (tertiary/aromatic N) is 4. The first-order chi connectivity index (χ1) is 22.8. The highest BCUT2D eigenvalue weighted by Crippen LogP contribution is 2.24. The van der Waals surface area contributed by atoms with E-state index in [1.165, 1.54) is 4.90 Å². The van der Waals surface area contributed by atoms with E-state index in [-0.39, 0.29) is 49.9 Å². The lowest BCUT2D eigenvalue weighted by Crippen LogP contribution is -2.51. The zero-order valence-corrected chi connectivity index (χ0v) is 28.7. The molecule has 2 amide bonds. The summed E-state index contributed by atoms with van der Waals surface area (Å²) in [5.41, 5.74) is 1.14. The Morgan fingerprint density at radius 3 is 2.14 bits per heavy atom. The highest BCUT2D eigenvalue weighted by Gasteiger charge is 2.32. The van der Waals surface area contributed by atoms with Gasteiger partial charge in [0.05, 0.1) is 0 Å². The lowest BCUT2D eigenvalue weighted by atomic mass is 9.90. The van der Waals surface area contributed by atoms with E-state index in [1.54, 1.807) is 69.3 Å². The molecule has 49 heavy (non-hydrogen) atoms. The molecule has 0 fully saturated rings. The van der Waals surface area contributed by atoms with Gasteiger partial charge in [0.15, 0.2) is 6.61 Å². The second-order valence-corrected chi connectivity index (χ2v) is 13.2. The van der Waals surface area contributed by atoms with Crippen LogP contribution in [0.25, 0.3) is 0 Å². The molecule has 3 rings (SSSR count). The summed E-state index contributed by atoms with van der Waals surface area (Å²) in [5.74, 6) is 0.391. The van der Waals surface area contributed by atoms with Crippen molar-refractivity contribution in [2.75, 3.05) is 42.8 Å². The monoisotopic (exact) mass is 707 g/mol. The molecule has 0 aliphatic heterocycles. The second kappa shape index (κ2) is 16.5. The zero-order valence-electron chi connectivity index (χ0n) is 27.9. The molecule has 0 atom stereocenters. The van der Waals surface area contributed by atoms with Crippen LogP contribution in [0.2, 0.25) is 0 Å². The van der Waals surface area contributed by atoms with Gasteiger partial charge in [-0.25, -0.2) is 4.79 Å². The van der Waals surface area contributed by atoms with Gasteiger partial charge in [0, 0.05) is 42.3 Å². The lowest BCUT2D eigenvalue weighted by molar-refractivity contribution is -0.154. The number of nitrogens with one attached hydrogen (secondary N) is 3. The highest BCUT2D eigenvalue weighted by molar-refractivity contribution is 6.19. The van der Waals surface area contributed by atoms with Crippen molar-refractivity contribution in [3.8, 4) is 11.8 Å². The molecule has 1 heterocycles. The molecule has 1 aromatic heterocycles. The van der Waals surface area contributed by atoms with Gasteiger partial charge >= 0.3 is 18.3 Å². The van der Waals surface area contributed by atoms with E-state index in [9.17, 15) is 27.9 Å². The predicted molar refractivity (Wildman–Crippen MR) is 181 cm³/mol. The van der Waals surface area contributed by atoms with Crippen LogP contribution >= 0.6 is 11.6 Å². The van der Waals surface area contributed by atoms with Crippen LogP contribution in [-0.4, -0.2) is 80.9 Å². The van der Waals surface area contributed by atoms with E-state index in [2.05, 4.69) is 37.5 Å². The minimum absolute atomic E-state index is 0.0417. The Labute approximate surface area is 288 Å². The first-order valence-corrected chi connectivity index (χ1v) is 15.7. The van der Waals surface area contributed by atoms with Crippen LogP contribution in [0.1, 0.15) is 50.5 Å². The summed E-state index contributed by atoms with van der Waals surface area (Å²) >= 11 is 5.72. The summed E-state index contributed by atoms with van der Waals surface area (Å²) in [6.45, 7) is 12.2. The lowest BCUT2D eigenvalue weighted by Gasteiger charge is -2.39. The molecule has 0 saturated heterocycles. The fourth-order valence-electron chi connectivity index (χ4n) is 4.14. The number of aromatic nitrogens is 3. The molecule has 266 valence electrons. The number of alkyl halides is 4. The van der Waals surface area contributed by atoms with Crippen LogP contribution < -0.4 is 25.4 Å². The second-order valence-electron chi connectivity index (χ2n) is 12.9. The molecule has 0 aliphatic rings. The fraction of sp³-hybridized carbons (Fsp3) is 0.424. The van der Waals surface area contributed by atoms with Crippen molar-refractivity contribution in [3.05, 3.63) is 71.8 Å². The van der Waals surface area contributed by atoms with Gasteiger partial charge in [-0.15, -0.1) is 11.6 Å². The van der Waals surface area contributed by atoms with Crippen LogP contribution in [0.4, 0.5) is 35.5 Å². The van der Waals surface area contributed by atoms with Gasteiger partial charge in [0.2, 0.25) is 11.9 Å². The number of amides is 2. The van der Waals surface area contributed by atoms with Crippen molar-refractivity contribution in [2.45, 2.75) is 52.9 Å². The van der Waals surface area contributed by atoms with Crippen molar-refractivity contribution in [2.24, 2.45) is 5.41 Å². The molecule has 0 aliphatic carbocycles. The van der Waals surface area contributed by atoms with E-state index in [4.69, 9.17) is 21.1 Å². The fourth-order valence-corrected chi connectivity index (χ4v) is 4.22. The van der Waals surface area contributed by atoms with Gasteiger partial charge in [-0.2, -0.15) is 28.1 Å². The minimum Gasteiger partial charge on any atom is -0.489 e. The van der Waals surface area contributed by atoms with E-state index in [0.717, 1.165) is 11.1 Å². The summed E-state index contributed by atoms with van der Waals surface area (Å²) in [7, 11) is 0. The molecule has 12 nitrogen and oxygen atoms in total. The number of rotatable bonds is 16. The van der Waals surface area contributed by atoms with Crippen LogP contribution in [0.5, 0.6) is 11.8 Å². The zero-order chi connectivity index (χ0) is 36.4. The van der Waals surface area contributed by atoms with Gasteiger partial charge in [-0.1, -0.05) is 32.6 Å². The number of ether oxygens (including phenoxy) is 2. The molecular formula is C33H41ClF3N7O5. The summed E-state index contributed by atoms with van der Waals surface area (Å²) in [4.78, 5) is 38.1. The normalized spacial score (nSPS) is 11.8. The van der Waals surface area contributed by atoms with Crippen LogP contribution in [0.3, 0.4) is 0 Å². The number of carbonyl (C=O) groups is 2. The summed E-state index contributed by atoms with van der Waals surface area (Å²) < 4.78 is 49.0. The predicted octanol–water partition coefficient (Wildman–Crippen LogP) is 6.88. The summed E-state index contributed by atoms with van der Waals surface area (Å²) in [6, 6.07) is 12.8. The SMILES string of the molecule is C=C(CCl)COc1ccc(CNc2nc(Nc3ccc(C(=O)NCC(C)(C)CN(C(=O)O)C(C)(C)C)cc3)nc(OCC(F)(F)F)n2)cc1. The van der Waals surface area contributed by atoms with Crippen LogP contribution in [-0.2, 0) is 6.54 Å². The Bertz CT molecular complexity index is 1580. The highest BCUT2D eigenvalue weighted by atomic mass is 35.5. The van der Waals surface area contributed by atoms with Crippen molar-refractivity contribution < 1.29 is 37.3 Å². The van der Waals surface area contributed by atoms with Gasteiger partial charge < -0.3 is 35.4 Å². The topological polar surface area (TPSA) is 151 Å². The maximum atomic E-state index is 12.9. The Morgan fingerprint density at radius 2 is 1.57 bits per heavy atom. The Balaban J connectivity index is 1.67. The van der Waals surface area contributed by atoms with Gasteiger partial charge in [0.25, 0.3) is 5.91 Å². The third kappa shape index (κ3) is 13.3. The molecule has 0 bridgehead atoms.